The van der Waals surface area contributed by atoms with E-state index >= 15 is 0 Å². The minimum absolute atomic E-state index is 0.272. The van der Waals surface area contributed by atoms with Crippen molar-refractivity contribution in [3.8, 4) is 0 Å². The standard InChI is InChI=1S/C13H13NO3/c1-17-8-9(6-13(15)16)11-7-14-12-5-3-2-4-10(11)12/h2-7,14H,8H2,1H3,(H,15,16)/b9-6+. The van der Waals surface area contributed by atoms with Crippen LogP contribution in [0.25, 0.3) is 16.5 Å². The number of carbonyl (C=O) groups is 1. The molecule has 0 bridgehead atoms. The molecule has 17 heavy (non-hydrogen) atoms. The van der Waals surface area contributed by atoms with E-state index in [2.05, 4.69) is 4.98 Å². The molecular weight excluding hydrogens is 218 g/mol. The highest BCUT2D eigenvalue weighted by atomic mass is 16.5. The van der Waals surface area contributed by atoms with Crippen LogP contribution in [-0.2, 0) is 9.53 Å². The van der Waals surface area contributed by atoms with E-state index in [0.717, 1.165) is 16.5 Å². The number of hydrogen-bond donors (Lipinski definition) is 2. The summed E-state index contributed by atoms with van der Waals surface area (Å²) in [7, 11) is 1.55. The first-order valence-corrected chi connectivity index (χ1v) is 5.21. The summed E-state index contributed by atoms with van der Waals surface area (Å²) in [6, 6.07) is 7.75. The van der Waals surface area contributed by atoms with Gasteiger partial charge in [-0.3, -0.25) is 0 Å². The van der Waals surface area contributed by atoms with E-state index in [1.54, 1.807) is 13.3 Å². The molecule has 0 saturated carbocycles. The Balaban J connectivity index is 2.52. The first-order valence-electron chi connectivity index (χ1n) is 5.21. The molecule has 0 spiro atoms. The minimum Gasteiger partial charge on any atom is -0.478 e. The number of hydrogen-bond acceptors (Lipinski definition) is 2. The molecule has 0 aliphatic heterocycles. The summed E-state index contributed by atoms with van der Waals surface area (Å²) in [5.74, 6) is -0.970. The van der Waals surface area contributed by atoms with Crippen LogP contribution >= 0.6 is 0 Å². The predicted molar refractivity (Wildman–Crippen MR) is 65.8 cm³/mol. The van der Waals surface area contributed by atoms with Crippen molar-refractivity contribution >= 4 is 22.4 Å². The van der Waals surface area contributed by atoms with Crippen LogP contribution in [0.5, 0.6) is 0 Å². The van der Waals surface area contributed by atoms with Gasteiger partial charge in [-0.2, -0.15) is 0 Å². The van der Waals surface area contributed by atoms with E-state index < -0.39 is 5.97 Å². The Labute approximate surface area is 98.5 Å². The third-order valence-corrected chi connectivity index (χ3v) is 2.53. The third-order valence-electron chi connectivity index (χ3n) is 2.53. The maximum atomic E-state index is 10.8. The van der Waals surface area contributed by atoms with E-state index in [1.165, 1.54) is 6.08 Å². The second-order valence-electron chi connectivity index (χ2n) is 3.69. The molecule has 0 radical (unpaired) electrons. The number of methoxy groups -OCH3 is 1. The van der Waals surface area contributed by atoms with Gasteiger partial charge in [0.2, 0.25) is 0 Å². The smallest absolute Gasteiger partial charge is 0.328 e. The molecule has 0 amide bonds. The Morgan fingerprint density at radius 1 is 1.47 bits per heavy atom. The lowest BCUT2D eigenvalue weighted by molar-refractivity contribution is -0.131. The summed E-state index contributed by atoms with van der Waals surface area (Å²) in [6.07, 6.45) is 2.98. The number of carboxylic acids is 1. The Hall–Kier alpha value is -2.07. The van der Waals surface area contributed by atoms with Gasteiger partial charge in [-0.15, -0.1) is 0 Å². The van der Waals surface area contributed by atoms with E-state index in [0.29, 0.717) is 5.57 Å². The molecule has 1 aromatic carbocycles. The molecule has 88 valence electrons. The van der Waals surface area contributed by atoms with Crippen molar-refractivity contribution in [2.24, 2.45) is 0 Å². The van der Waals surface area contributed by atoms with Crippen molar-refractivity contribution in [1.82, 2.24) is 4.98 Å². The SMILES string of the molecule is COC/C(=C\C(=O)O)c1c[nH]c2ccccc12. The molecule has 1 heterocycles. The molecule has 0 aliphatic rings. The summed E-state index contributed by atoms with van der Waals surface area (Å²) in [4.78, 5) is 13.9. The van der Waals surface area contributed by atoms with Gasteiger partial charge in [-0.25, -0.2) is 4.79 Å². The fourth-order valence-corrected chi connectivity index (χ4v) is 1.84. The number of fused-ring (bicyclic) bond motifs is 1. The minimum atomic E-state index is -0.970. The average Bonchev–Trinajstić information content (AvgIpc) is 2.71. The van der Waals surface area contributed by atoms with Crippen LogP contribution in [0.2, 0.25) is 0 Å². The lowest BCUT2D eigenvalue weighted by Gasteiger charge is -2.04. The summed E-state index contributed by atoms with van der Waals surface area (Å²) >= 11 is 0. The van der Waals surface area contributed by atoms with Crippen LogP contribution in [0.3, 0.4) is 0 Å². The largest absolute Gasteiger partial charge is 0.478 e. The molecule has 4 nitrogen and oxygen atoms in total. The van der Waals surface area contributed by atoms with E-state index in [1.807, 2.05) is 24.3 Å². The van der Waals surface area contributed by atoms with Gasteiger partial charge in [-0.05, 0) is 11.6 Å². The van der Waals surface area contributed by atoms with Gasteiger partial charge < -0.3 is 14.8 Å². The number of aromatic nitrogens is 1. The second-order valence-corrected chi connectivity index (χ2v) is 3.69. The fraction of sp³-hybridized carbons (Fsp3) is 0.154. The van der Waals surface area contributed by atoms with E-state index in [4.69, 9.17) is 9.84 Å². The van der Waals surface area contributed by atoms with E-state index in [9.17, 15) is 4.79 Å². The molecule has 0 unspecified atom stereocenters. The normalized spacial score (nSPS) is 11.9. The number of para-hydroxylation sites is 1. The quantitative estimate of drug-likeness (QED) is 0.793. The molecule has 0 fully saturated rings. The van der Waals surface area contributed by atoms with Crippen molar-refractivity contribution < 1.29 is 14.6 Å². The Bertz CT molecular complexity index is 569. The number of benzene rings is 1. The first kappa shape index (κ1) is 11.4. The van der Waals surface area contributed by atoms with Crippen LogP contribution in [0.4, 0.5) is 0 Å². The lowest BCUT2D eigenvalue weighted by Crippen LogP contribution is -1.98. The van der Waals surface area contributed by atoms with Gasteiger partial charge in [0.25, 0.3) is 0 Å². The zero-order valence-corrected chi connectivity index (χ0v) is 9.43. The molecule has 1 aromatic heterocycles. The Morgan fingerprint density at radius 3 is 2.94 bits per heavy atom. The zero-order valence-electron chi connectivity index (χ0n) is 9.43. The predicted octanol–water partition coefficient (Wildman–Crippen LogP) is 2.28. The number of nitrogens with one attached hydrogen (secondary N) is 1. The van der Waals surface area contributed by atoms with Crippen LogP contribution in [-0.4, -0.2) is 29.8 Å². The second kappa shape index (κ2) is 4.84. The summed E-state index contributed by atoms with van der Waals surface area (Å²) in [5.41, 5.74) is 2.50. The highest BCUT2D eigenvalue weighted by Gasteiger charge is 2.09. The zero-order chi connectivity index (χ0) is 12.3. The van der Waals surface area contributed by atoms with Crippen molar-refractivity contribution in [2.45, 2.75) is 0 Å². The van der Waals surface area contributed by atoms with E-state index in [-0.39, 0.29) is 6.61 Å². The third kappa shape index (κ3) is 2.37. The number of aliphatic carboxylic acids is 1. The molecule has 2 rings (SSSR count). The van der Waals surface area contributed by atoms with Crippen LogP contribution < -0.4 is 0 Å². The maximum Gasteiger partial charge on any atom is 0.328 e. The number of H-pyrrole nitrogens is 1. The molecule has 4 heteroatoms. The summed E-state index contributed by atoms with van der Waals surface area (Å²) in [5, 5.41) is 9.84. The van der Waals surface area contributed by atoms with Gasteiger partial charge in [0.15, 0.2) is 0 Å². The highest BCUT2D eigenvalue weighted by Crippen LogP contribution is 2.24. The van der Waals surface area contributed by atoms with Crippen LogP contribution in [0.1, 0.15) is 5.56 Å². The molecular formula is C13H13NO3. The molecule has 0 saturated heterocycles. The summed E-state index contributed by atoms with van der Waals surface area (Å²) < 4.78 is 5.03. The topological polar surface area (TPSA) is 62.3 Å². The summed E-state index contributed by atoms with van der Waals surface area (Å²) in [6.45, 7) is 0.272. The average molecular weight is 231 g/mol. The highest BCUT2D eigenvalue weighted by molar-refractivity contribution is 5.98. The van der Waals surface area contributed by atoms with Crippen molar-refractivity contribution in [2.75, 3.05) is 13.7 Å². The van der Waals surface area contributed by atoms with Crippen molar-refractivity contribution in [3.05, 3.63) is 42.1 Å². The first-order chi connectivity index (χ1) is 8.22. The molecule has 2 aromatic rings. The number of carboxylic acid groups (broad SMARTS) is 1. The fourth-order valence-electron chi connectivity index (χ4n) is 1.84. The lowest BCUT2D eigenvalue weighted by atomic mass is 10.1. The number of rotatable bonds is 4. The number of ether oxygens (including phenoxy) is 1. The Morgan fingerprint density at radius 2 is 2.24 bits per heavy atom. The molecule has 0 atom stereocenters. The monoisotopic (exact) mass is 231 g/mol. The molecule has 0 aliphatic carbocycles. The molecule has 2 N–H and O–H groups in total. The van der Waals surface area contributed by atoms with Gasteiger partial charge in [-0.1, -0.05) is 18.2 Å². The van der Waals surface area contributed by atoms with Crippen LogP contribution in [0.15, 0.2) is 36.5 Å². The van der Waals surface area contributed by atoms with Crippen molar-refractivity contribution in [1.29, 1.82) is 0 Å². The number of aromatic amines is 1. The maximum absolute atomic E-state index is 10.8. The van der Waals surface area contributed by atoms with Gasteiger partial charge in [0.1, 0.15) is 0 Å². The Kier molecular flexibility index (Phi) is 3.25. The van der Waals surface area contributed by atoms with Gasteiger partial charge >= 0.3 is 5.97 Å². The van der Waals surface area contributed by atoms with Crippen LogP contribution in [0, 0.1) is 0 Å². The van der Waals surface area contributed by atoms with Gasteiger partial charge in [0.05, 0.1) is 6.61 Å². The van der Waals surface area contributed by atoms with Crippen molar-refractivity contribution in [3.63, 3.8) is 0 Å². The van der Waals surface area contributed by atoms with Gasteiger partial charge in [0, 0.05) is 35.8 Å².